The number of hydrogen-bond acceptors (Lipinski definition) is 4. The molecule has 118 valence electrons. The van der Waals surface area contributed by atoms with Gasteiger partial charge in [0.25, 0.3) is 0 Å². The molecule has 1 aliphatic heterocycles. The zero-order valence-electron chi connectivity index (χ0n) is 13.3. The van der Waals surface area contributed by atoms with Crippen molar-refractivity contribution in [3.8, 4) is 0 Å². The first-order valence-electron chi connectivity index (χ1n) is 7.64. The number of aliphatic hydroxyl groups is 1. The summed E-state index contributed by atoms with van der Waals surface area (Å²) in [5.74, 6) is 1.10. The molecule has 0 saturated carbocycles. The lowest BCUT2D eigenvalue weighted by atomic mass is 10.1. The molecule has 20 heavy (non-hydrogen) atoms. The molecular weight excluding hydrogens is 256 g/mol. The van der Waals surface area contributed by atoms with E-state index in [4.69, 9.17) is 4.74 Å². The maximum Gasteiger partial charge on any atom is 0.236 e. The number of amides is 1. The van der Waals surface area contributed by atoms with E-state index in [1.165, 1.54) is 0 Å². The molecule has 0 aliphatic carbocycles. The van der Waals surface area contributed by atoms with Crippen molar-refractivity contribution in [2.24, 2.45) is 11.8 Å². The van der Waals surface area contributed by atoms with E-state index in [9.17, 15) is 9.90 Å². The van der Waals surface area contributed by atoms with Crippen molar-refractivity contribution in [3.63, 3.8) is 0 Å². The molecule has 1 atom stereocenters. The van der Waals surface area contributed by atoms with Crippen LogP contribution in [-0.4, -0.2) is 72.9 Å². The molecule has 0 spiro atoms. The number of nitrogens with zero attached hydrogens (tertiary/aromatic N) is 2. The SMILES string of the molecule is CC(C)CN(CC(C)C)C(=O)CN1CCOCC1CO. The Morgan fingerprint density at radius 3 is 2.40 bits per heavy atom. The quantitative estimate of drug-likeness (QED) is 0.753. The van der Waals surface area contributed by atoms with Crippen LogP contribution in [0.1, 0.15) is 27.7 Å². The predicted octanol–water partition coefficient (Wildman–Crippen LogP) is 0.820. The second-order valence-electron chi connectivity index (χ2n) is 6.47. The fraction of sp³-hybridized carbons (Fsp3) is 0.933. The topological polar surface area (TPSA) is 53.0 Å². The van der Waals surface area contributed by atoms with Gasteiger partial charge >= 0.3 is 0 Å². The third-order valence-corrected chi connectivity index (χ3v) is 3.42. The van der Waals surface area contributed by atoms with Crippen molar-refractivity contribution in [1.82, 2.24) is 9.80 Å². The Bertz CT molecular complexity index is 285. The van der Waals surface area contributed by atoms with E-state index in [0.717, 1.165) is 13.1 Å². The van der Waals surface area contributed by atoms with Gasteiger partial charge in [-0.2, -0.15) is 0 Å². The molecule has 5 heteroatoms. The fourth-order valence-corrected chi connectivity index (χ4v) is 2.50. The van der Waals surface area contributed by atoms with Gasteiger partial charge in [-0.05, 0) is 11.8 Å². The summed E-state index contributed by atoms with van der Waals surface area (Å²) in [7, 11) is 0. The highest BCUT2D eigenvalue weighted by atomic mass is 16.5. The minimum Gasteiger partial charge on any atom is -0.395 e. The van der Waals surface area contributed by atoms with Gasteiger partial charge in [-0.3, -0.25) is 9.69 Å². The second kappa shape index (κ2) is 8.60. The molecule has 0 radical (unpaired) electrons. The van der Waals surface area contributed by atoms with Crippen molar-refractivity contribution in [2.45, 2.75) is 33.7 Å². The van der Waals surface area contributed by atoms with E-state index in [0.29, 0.717) is 38.1 Å². The zero-order chi connectivity index (χ0) is 15.1. The molecule has 1 aliphatic rings. The largest absolute Gasteiger partial charge is 0.395 e. The van der Waals surface area contributed by atoms with Gasteiger partial charge in [-0.15, -0.1) is 0 Å². The van der Waals surface area contributed by atoms with Crippen molar-refractivity contribution < 1.29 is 14.6 Å². The average molecular weight is 286 g/mol. The van der Waals surface area contributed by atoms with Gasteiger partial charge in [-0.1, -0.05) is 27.7 Å². The molecule has 0 aromatic heterocycles. The molecule has 0 aromatic carbocycles. The maximum absolute atomic E-state index is 12.5. The van der Waals surface area contributed by atoms with Gasteiger partial charge in [0.2, 0.25) is 5.91 Å². The minimum absolute atomic E-state index is 0.0433. The standard InChI is InChI=1S/C15H30N2O3/c1-12(2)7-17(8-13(3)4)15(19)9-16-5-6-20-11-14(16)10-18/h12-14,18H,5-11H2,1-4H3. The summed E-state index contributed by atoms with van der Waals surface area (Å²) >= 11 is 0. The molecule has 1 saturated heterocycles. The molecule has 1 amide bonds. The lowest BCUT2D eigenvalue weighted by molar-refractivity contribution is -0.136. The highest BCUT2D eigenvalue weighted by Gasteiger charge is 2.26. The van der Waals surface area contributed by atoms with E-state index in [1.807, 2.05) is 9.80 Å². The van der Waals surface area contributed by atoms with Crippen LogP contribution in [0.5, 0.6) is 0 Å². The molecule has 0 aromatic rings. The number of hydrogen-bond donors (Lipinski definition) is 1. The van der Waals surface area contributed by atoms with E-state index in [2.05, 4.69) is 27.7 Å². The summed E-state index contributed by atoms with van der Waals surface area (Å²) < 4.78 is 5.35. The van der Waals surface area contributed by atoms with Crippen LogP contribution in [0.2, 0.25) is 0 Å². The number of carbonyl (C=O) groups is 1. The Balaban J connectivity index is 2.59. The highest BCUT2D eigenvalue weighted by Crippen LogP contribution is 2.09. The van der Waals surface area contributed by atoms with Crippen molar-refractivity contribution in [1.29, 1.82) is 0 Å². The van der Waals surface area contributed by atoms with Crippen LogP contribution in [0.25, 0.3) is 0 Å². The van der Waals surface area contributed by atoms with Gasteiger partial charge in [0.05, 0.1) is 32.4 Å². The fourth-order valence-electron chi connectivity index (χ4n) is 2.50. The minimum atomic E-state index is -0.0485. The van der Waals surface area contributed by atoms with Gasteiger partial charge in [-0.25, -0.2) is 0 Å². The van der Waals surface area contributed by atoms with Gasteiger partial charge < -0.3 is 14.7 Å². The Morgan fingerprint density at radius 1 is 1.30 bits per heavy atom. The van der Waals surface area contributed by atoms with Crippen molar-refractivity contribution in [2.75, 3.05) is 46.0 Å². The van der Waals surface area contributed by atoms with E-state index < -0.39 is 0 Å². The maximum atomic E-state index is 12.5. The summed E-state index contributed by atoms with van der Waals surface area (Å²) in [4.78, 5) is 16.5. The molecule has 1 rings (SSSR count). The monoisotopic (exact) mass is 286 g/mol. The lowest BCUT2D eigenvalue weighted by Crippen LogP contribution is -2.52. The Labute approximate surface area is 122 Å². The van der Waals surface area contributed by atoms with Gasteiger partial charge in [0, 0.05) is 19.6 Å². The van der Waals surface area contributed by atoms with Crippen LogP contribution in [0.4, 0.5) is 0 Å². The summed E-state index contributed by atoms with van der Waals surface area (Å²) in [6, 6.07) is -0.0485. The number of ether oxygens (including phenoxy) is 1. The van der Waals surface area contributed by atoms with Gasteiger partial charge in [0.15, 0.2) is 0 Å². The first-order chi connectivity index (χ1) is 9.43. The predicted molar refractivity (Wildman–Crippen MR) is 79.5 cm³/mol. The van der Waals surface area contributed by atoms with Gasteiger partial charge in [0.1, 0.15) is 0 Å². The van der Waals surface area contributed by atoms with Crippen LogP contribution >= 0.6 is 0 Å². The van der Waals surface area contributed by atoms with Crippen LogP contribution in [0, 0.1) is 11.8 Å². The van der Waals surface area contributed by atoms with Crippen molar-refractivity contribution in [3.05, 3.63) is 0 Å². The Morgan fingerprint density at radius 2 is 1.90 bits per heavy atom. The first-order valence-corrected chi connectivity index (χ1v) is 7.64. The molecule has 1 heterocycles. The Hall–Kier alpha value is -0.650. The third-order valence-electron chi connectivity index (χ3n) is 3.42. The van der Waals surface area contributed by atoms with Crippen LogP contribution in [0.15, 0.2) is 0 Å². The molecule has 1 fully saturated rings. The molecule has 1 unspecified atom stereocenters. The van der Waals surface area contributed by atoms with E-state index >= 15 is 0 Å². The molecule has 5 nitrogen and oxygen atoms in total. The van der Waals surface area contributed by atoms with Crippen LogP contribution in [0.3, 0.4) is 0 Å². The zero-order valence-corrected chi connectivity index (χ0v) is 13.3. The summed E-state index contributed by atoms with van der Waals surface area (Å²) in [6.45, 7) is 12.4. The summed E-state index contributed by atoms with van der Waals surface area (Å²) in [5, 5.41) is 9.36. The number of aliphatic hydroxyl groups excluding tert-OH is 1. The molecule has 1 N–H and O–H groups in total. The van der Waals surface area contributed by atoms with Crippen molar-refractivity contribution >= 4 is 5.91 Å². The molecule has 0 bridgehead atoms. The highest BCUT2D eigenvalue weighted by molar-refractivity contribution is 5.78. The smallest absolute Gasteiger partial charge is 0.236 e. The number of carbonyl (C=O) groups excluding carboxylic acids is 1. The second-order valence-corrected chi connectivity index (χ2v) is 6.47. The van der Waals surface area contributed by atoms with Crippen LogP contribution < -0.4 is 0 Å². The summed E-state index contributed by atoms with van der Waals surface area (Å²) in [5.41, 5.74) is 0. The first kappa shape index (κ1) is 17.4. The molecular formula is C15H30N2O3. The third kappa shape index (κ3) is 5.77. The Kier molecular flexibility index (Phi) is 7.48. The van der Waals surface area contributed by atoms with E-state index in [-0.39, 0.29) is 18.6 Å². The lowest BCUT2D eigenvalue weighted by Gasteiger charge is -2.36. The van der Waals surface area contributed by atoms with Crippen LogP contribution in [-0.2, 0) is 9.53 Å². The average Bonchev–Trinajstić information content (AvgIpc) is 2.37. The summed E-state index contributed by atoms with van der Waals surface area (Å²) in [6.07, 6.45) is 0. The normalized spacial score (nSPS) is 20.6. The number of rotatable bonds is 7. The van der Waals surface area contributed by atoms with E-state index in [1.54, 1.807) is 0 Å². The number of morpholine rings is 1.